The summed E-state index contributed by atoms with van der Waals surface area (Å²) >= 11 is 1.58. The van der Waals surface area contributed by atoms with Gasteiger partial charge in [-0.1, -0.05) is 13.0 Å². The minimum absolute atomic E-state index is 0.0237. The lowest BCUT2D eigenvalue weighted by Crippen LogP contribution is -2.06. The van der Waals surface area contributed by atoms with Gasteiger partial charge in [-0.3, -0.25) is 4.79 Å². The van der Waals surface area contributed by atoms with Crippen LogP contribution in [0.2, 0.25) is 0 Å². The summed E-state index contributed by atoms with van der Waals surface area (Å²) in [5.41, 5.74) is 1.16. The second-order valence-corrected chi connectivity index (χ2v) is 6.88. The lowest BCUT2D eigenvalue weighted by molar-refractivity contribution is -0.143. The molecule has 0 spiro atoms. The van der Waals surface area contributed by atoms with Gasteiger partial charge in [0, 0.05) is 18.2 Å². The van der Waals surface area contributed by atoms with E-state index in [2.05, 4.69) is 11.9 Å². The van der Waals surface area contributed by atoms with Gasteiger partial charge in [0.05, 0.1) is 6.61 Å². The topological polar surface area (TPSA) is 48.4 Å². The molecule has 0 amide bonds. The van der Waals surface area contributed by atoms with Gasteiger partial charge >= 0.3 is 5.97 Å². The number of pyridine rings is 1. The Morgan fingerprint density at radius 2 is 1.96 bits per heavy atom. The number of rotatable bonds is 10. The van der Waals surface area contributed by atoms with Gasteiger partial charge in [-0.2, -0.15) is 0 Å². The van der Waals surface area contributed by atoms with Crippen LogP contribution in [0.25, 0.3) is 0 Å². The van der Waals surface area contributed by atoms with Crippen molar-refractivity contribution in [2.24, 2.45) is 0 Å². The second kappa shape index (κ2) is 10.9. The first-order valence-electron chi connectivity index (χ1n) is 8.88. The van der Waals surface area contributed by atoms with Crippen molar-refractivity contribution in [2.75, 3.05) is 12.4 Å². The van der Waals surface area contributed by atoms with Crippen LogP contribution in [0.4, 0.5) is 8.78 Å². The van der Waals surface area contributed by atoms with Crippen molar-refractivity contribution in [3.8, 4) is 5.75 Å². The molecule has 1 aromatic carbocycles. The summed E-state index contributed by atoms with van der Waals surface area (Å²) < 4.78 is 38.8. The molecule has 27 heavy (non-hydrogen) atoms. The summed E-state index contributed by atoms with van der Waals surface area (Å²) in [4.78, 5) is 15.7. The van der Waals surface area contributed by atoms with E-state index in [0.29, 0.717) is 5.56 Å². The summed E-state index contributed by atoms with van der Waals surface area (Å²) in [6.45, 7) is 4.08. The molecular weight excluding hydrogens is 372 g/mol. The molecule has 0 radical (unpaired) electrons. The van der Waals surface area contributed by atoms with Crippen molar-refractivity contribution >= 4 is 17.7 Å². The van der Waals surface area contributed by atoms with Crippen LogP contribution in [0, 0.1) is 11.6 Å². The van der Waals surface area contributed by atoms with Gasteiger partial charge in [0.2, 0.25) is 0 Å². The zero-order chi connectivity index (χ0) is 19.6. The lowest BCUT2D eigenvalue weighted by atomic mass is 10.1. The fourth-order valence-corrected chi connectivity index (χ4v) is 3.23. The number of aromatic nitrogens is 1. The third-order valence-corrected chi connectivity index (χ3v) is 4.90. The number of thioether (sulfide) groups is 1. The van der Waals surface area contributed by atoms with Crippen LogP contribution in [-0.2, 0) is 22.6 Å². The molecule has 0 bridgehead atoms. The molecule has 2 aromatic rings. The fourth-order valence-electron chi connectivity index (χ4n) is 2.39. The van der Waals surface area contributed by atoms with Crippen LogP contribution in [-0.4, -0.2) is 23.3 Å². The summed E-state index contributed by atoms with van der Waals surface area (Å²) in [5.74, 6) is -1.50. The van der Waals surface area contributed by atoms with Crippen LogP contribution >= 0.6 is 11.8 Å². The predicted molar refractivity (Wildman–Crippen MR) is 101 cm³/mol. The maximum absolute atomic E-state index is 14.3. The van der Waals surface area contributed by atoms with Crippen LogP contribution in [0.3, 0.4) is 0 Å². The molecule has 7 heteroatoms. The van der Waals surface area contributed by atoms with Crippen molar-refractivity contribution in [3.05, 3.63) is 53.2 Å². The number of nitrogens with zero attached hydrogens (tertiary/aromatic N) is 1. The number of hydrogen-bond donors (Lipinski definition) is 0. The first-order chi connectivity index (χ1) is 13.0. The molecular formula is C20H23F2NO3S. The van der Waals surface area contributed by atoms with Gasteiger partial charge in [-0.25, -0.2) is 13.8 Å². The van der Waals surface area contributed by atoms with E-state index < -0.39 is 23.4 Å². The first-order valence-corrected chi connectivity index (χ1v) is 9.86. The van der Waals surface area contributed by atoms with E-state index in [1.165, 1.54) is 12.1 Å². The molecule has 0 saturated heterocycles. The molecule has 0 atom stereocenters. The highest BCUT2D eigenvalue weighted by molar-refractivity contribution is 7.99. The monoisotopic (exact) mass is 395 g/mol. The summed E-state index contributed by atoms with van der Waals surface area (Å²) in [7, 11) is 0. The Kier molecular flexibility index (Phi) is 8.51. The van der Waals surface area contributed by atoms with Gasteiger partial charge in [0.1, 0.15) is 11.6 Å². The number of ether oxygens (including phenoxy) is 2. The van der Waals surface area contributed by atoms with E-state index in [4.69, 9.17) is 9.47 Å². The Balaban J connectivity index is 2.04. The Bertz CT molecular complexity index is 748. The van der Waals surface area contributed by atoms with E-state index in [-0.39, 0.29) is 26.1 Å². The molecule has 2 rings (SSSR count). The minimum Gasteiger partial charge on any atom is -0.483 e. The molecule has 1 aromatic heterocycles. The van der Waals surface area contributed by atoms with E-state index in [9.17, 15) is 13.6 Å². The first kappa shape index (κ1) is 21.2. The van der Waals surface area contributed by atoms with Crippen LogP contribution < -0.4 is 4.74 Å². The number of hydrogen-bond acceptors (Lipinski definition) is 5. The van der Waals surface area contributed by atoms with Crippen molar-refractivity contribution in [3.63, 3.8) is 0 Å². The summed E-state index contributed by atoms with van der Waals surface area (Å²) in [5, 5.41) is 0.797. The van der Waals surface area contributed by atoms with Crippen molar-refractivity contribution in [2.45, 2.75) is 44.7 Å². The molecule has 0 aliphatic heterocycles. The maximum Gasteiger partial charge on any atom is 0.306 e. The molecule has 146 valence electrons. The fraction of sp³-hybridized carbons (Fsp3) is 0.400. The second-order valence-electron chi connectivity index (χ2n) is 5.80. The number of halogens is 2. The van der Waals surface area contributed by atoms with Gasteiger partial charge in [0.25, 0.3) is 0 Å². The van der Waals surface area contributed by atoms with Crippen LogP contribution in [0.1, 0.15) is 37.8 Å². The van der Waals surface area contributed by atoms with Crippen LogP contribution in [0.5, 0.6) is 5.75 Å². The molecule has 0 unspecified atom stereocenters. The SMILES string of the molecule is CCCSc1ncccc1COc1c(F)cc(CCC(=O)OCC)cc1F. The molecule has 0 fully saturated rings. The average Bonchev–Trinajstić information content (AvgIpc) is 2.65. The predicted octanol–water partition coefficient (Wildman–Crippen LogP) is 4.94. The Hall–Kier alpha value is -2.15. The zero-order valence-corrected chi connectivity index (χ0v) is 16.3. The molecule has 0 aliphatic rings. The molecule has 0 saturated carbocycles. The smallest absolute Gasteiger partial charge is 0.306 e. The van der Waals surface area contributed by atoms with Crippen molar-refractivity contribution in [1.82, 2.24) is 4.98 Å². The van der Waals surface area contributed by atoms with Crippen LogP contribution in [0.15, 0.2) is 35.5 Å². The standard InChI is InChI=1S/C20H23F2NO3S/c1-3-10-27-20-15(6-5-9-23-20)13-26-19-16(21)11-14(12-17(19)22)7-8-18(24)25-4-2/h5-6,9,11-12H,3-4,7-8,10,13H2,1-2H3. The molecule has 0 aliphatic carbocycles. The van der Waals surface area contributed by atoms with Gasteiger partial charge in [0.15, 0.2) is 17.4 Å². The normalized spacial score (nSPS) is 10.7. The largest absolute Gasteiger partial charge is 0.483 e. The Morgan fingerprint density at radius 1 is 1.22 bits per heavy atom. The van der Waals surface area contributed by atoms with Crippen molar-refractivity contribution in [1.29, 1.82) is 0 Å². The van der Waals surface area contributed by atoms with Gasteiger partial charge in [-0.15, -0.1) is 11.8 Å². The van der Waals surface area contributed by atoms with Gasteiger partial charge in [-0.05, 0) is 49.3 Å². The summed E-state index contributed by atoms with van der Waals surface area (Å²) in [6, 6.07) is 5.97. The van der Waals surface area contributed by atoms with Gasteiger partial charge < -0.3 is 9.47 Å². The van der Waals surface area contributed by atoms with E-state index in [1.807, 2.05) is 6.07 Å². The lowest BCUT2D eigenvalue weighted by Gasteiger charge is -2.12. The highest BCUT2D eigenvalue weighted by atomic mass is 32.2. The highest BCUT2D eigenvalue weighted by Gasteiger charge is 2.15. The average molecular weight is 395 g/mol. The summed E-state index contributed by atoms with van der Waals surface area (Å²) in [6.07, 6.45) is 2.95. The minimum atomic E-state index is -0.791. The van der Waals surface area contributed by atoms with E-state index in [1.54, 1.807) is 30.9 Å². The number of benzene rings is 1. The third kappa shape index (κ3) is 6.50. The highest BCUT2D eigenvalue weighted by Crippen LogP contribution is 2.27. The Labute approximate surface area is 162 Å². The van der Waals surface area contributed by atoms with E-state index in [0.717, 1.165) is 22.8 Å². The number of esters is 1. The Morgan fingerprint density at radius 3 is 2.63 bits per heavy atom. The molecule has 0 N–H and O–H groups in total. The van der Waals surface area contributed by atoms with Crippen molar-refractivity contribution < 1.29 is 23.0 Å². The number of aryl methyl sites for hydroxylation is 1. The van der Waals surface area contributed by atoms with E-state index >= 15 is 0 Å². The quantitative estimate of drug-likeness (QED) is 0.421. The maximum atomic E-state index is 14.3. The molecule has 1 heterocycles. The zero-order valence-electron chi connectivity index (χ0n) is 15.5. The third-order valence-electron chi connectivity index (χ3n) is 3.65. The number of carbonyl (C=O) groups excluding carboxylic acids is 1. The molecule has 4 nitrogen and oxygen atoms in total. The number of carbonyl (C=O) groups is 1.